The largest absolute Gasteiger partial charge is 0.494 e. The summed E-state index contributed by atoms with van der Waals surface area (Å²) < 4.78 is 18.2. The zero-order chi connectivity index (χ0) is 12.4. The van der Waals surface area contributed by atoms with E-state index >= 15 is 0 Å². The van der Waals surface area contributed by atoms with Crippen molar-refractivity contribution < 1.29 is 18.7 Å². The van der Waals surface area contributed by atoms with E-state index in [9.17, 15) is 14.0 Å². The summed E-state index contributed by atoms with van der Waals surface area (Å²) >= 11 is 0. The molecular formula is C11H11FN2O3. The number of ether oxygens (including phenoxy) is 1. The molecule has 1 aromatic rings. The van der Waals surface area contributed by atoms with E-state index < -0.39 is 11.8 Å². The van der Waals surface area contributed by atoms with Crippen molar-refractivity contribution in [1.29, 1.82) is 0 Å². The van der Waals surface area contributed by atoms with Gasteiger partial charge >= 0.3 is 6.03 Å². The SMILES string of the molecule is COc1ccc(CN2CC(=O)NC2=O)cc1F. The number of benzene rings is 1. The van der Waals surface area contributed by atoms with Crippen LogP contribution in [0.4, 0.5) is 9.18 Å². The van der Waals surface area contributed by atoms with E-state index in [0.29, 0.717) is 5.56 Å². The van der Waals surface area contributed by atoms with Gasteiger partial charge in [-0.2, -0.15) is 0 Å². The van der Waals surface area contributed by atoms with Gasteiger partial charge in [0.25, 0.3) is 0 Å². The summed E-state index contributed by atoms with van der Waals surface area (Å²) in [6, 6.07) is 3.97. The number of hydrogen-bond acceptors (Lipinski definition) is 3. The average molecular weight is 238 g/mol. The highest BCUT2D eigenvalue weighted by atomic mass is 19.1. The van der Waals surface area contributed by atoms with Crippen LogP contribution < -0.4 is 10.1 Å². The average Bonchev–Trinajstić information content (AvgIpc) is 2.58. The molecule has 1 fully saturated rings. The predicted octanol–water partition coefficient (Wildman–Crippen LogP) is 0.886. The molecule has 1 heterocycles. The van der Waals surface area contributed by atoms with Crippen LogP contribution in [-0.2, 0) is 11.3 Å². The highest BCUT2D eigenvalue weighted by molar-refractivity contribution is 6.01. The van der Waals surface area contributed by atoms with Crippen LogP contribution in [0.15, 0.2) is 18.2 Å². The van der Waals surface area contributed by atoms with Gasteiger partial charge in [-0.15, -0.1) is 0 Å². The Bertz CT molecular complexity index is 476. The molecule has 0 spiro atoms. The molecule has 0 aromatic heterocycles. The van der Waals surface area contributed by atoms with Gasteiger partial charge in [-0.1, -0.05) is 6.07 Å². The Morgan fingerprint density at radius 1 is 1.47 bits per heavy atom. The second-order valence-corrected chi connectivity index (χ2v) is 3.68. The molecule has 1 saturated heterocycles. The van der Waals surface area contributed by atoms with Gasteiger partial charge in [0.05, 0.1) is 7.11 Å². The van der Waals surface area contributed by atoms with Gasteiger partial charge in [-0.05, 0) is 17.7 Å². The normalized spacial score (nSPS) is 15.1. The van der Waals surface area contributed by atoms with E-state index in [1.165, 1.54) is 24.1 Å². The highest BCUT2D eigenvalue weighted by Crippen LogP contribution is 2.19. The van der Waals surface area contributed by atoms with Crippen molar-refractivity contribution >= 4 is 11.9 Å². The standard InChI is InChI=1S/C11H11FN2O3/c1-17-9-3-2-7(4-8(9)12)5-14-6-10(15)13-11(14)16/h2-4H,5-6H2,1H3,(H,13,15,16). The van der Waals surface area contributed by atoms with Gasteiger partial charge in [-0.3, -0.25) is 10.1 Å². The Hall–Kier alpha value is -2.11. The molecule has 1 aliphatic rings. The summed E-state index contributed by atoms with van der Waals surface area (Å²) in [5.41, 5.74) is 0.605. The van der Waals surface area contributed by atoms with Crippen molar-refractivity contribution in [3.63, 3.8) is 0 Å². The first-order chi connectivity index (χ1) is 8.10. The summed E-state index contributed by atoms with van der Waals surface area (Å²) in [5.74, 6) is -0.685. The molecule has 0 bridgehead atoms. The molecule has 0 aliphatic carbocycles. The fourth-order valence-electron chi connectivity index (χ4n) is 1.64. The molecule has 0 unspecified atom stereocenters. The molecule has 90 valence electrons. The van der Waals surface area contributed by atoms with Gasteiger partial charge in [0.1, 0.15) is 6.54 Å². The Morgan fingerprint density at radius 2 is 2.24 bits per heavy atom. The topological polar surface area (TPSA) is 58.6 Å². The van der Waals surface area contributed by atoms with Crippen LogP contribution >= 0.6 is 0 Å². The van der Waals surface area contributed by atoms with Crippen LogP contribution in [0, 0.1) is 5.82 Å². The maximum atomic E-state index is 13.4. The number of rotatable bonds is 3. The molecule has 5 nitrogen and oxygen atoms in total. The monoisotopic (exact) mass is 238 g/mol. The number of carbonyl (C=O) groups is 2. The fourth-order valence-corrected chi connectivity index (χ4v) is 1.64. The molecule has 6 heteroatoms. The molecule has 0 saturated carbocycles. The van der Waals surface area contributed by atoms with Crippen molar-refractivity contribution in [1.82, 2.24) is 10.2 Å². The Kier molecular flexibility index (Phi) is 2.95. The maximum absolute atomic E-state index is 13.4. The van der Waals surface area contributed by atoms with Crippen molar-refractivity contribution in [2.75, 3.05) is 13.7 Å². The molecule has 2 rings (SSSR count). The first-order valence-electron chi connectivity index (χ1n) is 5.01. The van der Waals surface area contributed by atoms with Crippen LogP contribution in [0.2, 0.25) is 0 Å². The third kappa shape index (κ3) is 2.35. The number of imide groups is 1. The minimum atomic E-state index is -0.490. The predicted molar refractivity (Wildman–Crippen MR) is 56.9 cm³/mol. The van der Waals surface area contributed by atoms with Crippen molar-refractivity contribution in [2.45, 2.75) is 6.54 Å². The van der Waals surface area contributed by atoms with Crippen molar-refractivity contribution in [3.8, 4) is 5.75 Å². The zero-order valence-electron chi connectivity index (χ0n) is 9.20. The number of amides is 3. The lowest BCUT2D eigenvalue weighted by molar-refractivity contribution is -0.118. The molecule has 17 heavy (non-hydrogen) atoms. The second kappa shape index (κ2) is 4.40. The number of hydrogen-bond donors (Lipinski definition) is 1. The molecule has 3 amide bonds. The summed E-state index contributed by atoms with van der Waals surface area (Å²) in [6.07, 6.45) is 0. The van der Waals surface area contributed by atoms with E-state index in [1.54, 1.807) is 6.07 Å². The van der Waals surface area contributed by atoms with Crippen LogP contribution in [0.3, 0.4) is 0 Å². The van der Waals surface area contributed by atoms with Gasteiger partial charge in [0.15, 0.2) is 11.6 Å². The summed E-state index contributed by atoms with van der Waals surface area (Å²) in [4.78, 5) is 23.5. The third-order valence-electron chi connectivity index (χ3n) is 2.46. The summed E-state index contributed by atoms with van der Waals surface area (Å²) in [6.45, 7) is 0.199. The van der Waals surface area contributed by atoms with E-state index in [2.05, 4.69) is 5.32 Å². The Balaban J connectivity index is 2.11. The van der Waals surface area contributed by atoms with E-state index in [4.69, 9.17) is 4.74 Å². The van der Waals surface area contributed by atoms with Crippen molar-refractivity contribution in [2.24, 2.45) is 0 Å². The number of methoxy groups -OCH3 is 1. The zero-order valence-corrected chi connectivity index (χ0v) is 9.20. The molecule has 1 aliphatic heterocycles. The number of urea groups is 1. The van der Waals surface area contributed by atoms with Gasteiger partial charge in [-0.25, -0.2) is 9.18 Å². The summed E-state index contributed by atoms with van der Waals surface area (Å²) in [5, 5.41) is 2.15. The minimum Gasteiger partial charge on any atom is -0.494 e. The smallest absolute Gasteiger partial charge is 0.324 e. The number of nitrogens with one attached hydrogen (secondary N) is 1. The fraction of sp³-hybridized carbons (Fsp3) is 0.273. The highest BCUT2D eigenvalue weighted by Gasteiger charge is 2.26. The van der Waals surface area contributed by atoms with E-state index in [0.717, 1.165) is 0 Å². The molecule has 1 aromatic carbocycles. The van der Waals surface area contributed by atoms with Crippen LogP contribution in [0.25, 0.3) is 0 Å². The lowest BCUT2D eigenvalue weighted by atomic mass is 10.2. The minimum absolute atomic E-state index is 0.00643. The van der Waals surface area contributed by atoms with E-state index in [1.807, 2.05) is 0 Å². The lowest BCUT2D eigenvalue weighted by Crippen LogP contribution is -2.27. The third-order valence-corrected chi connectivity index (χ3v) is 2.46. The molecule has 0 radical (unpaired) electrons. The number of carbonyl (C=O) groups excluding carboxylic acids is 2. The molecule has 1 N–H and O–H groups in total. The first-order valence-corrected chi connectivity index (χ1v) is 5.01. The van der Waals surface area contributed by atoms with Crippen LogP contribution in [0.5, 0.6) is 5.75 Å². The second-order valence-electron chi connectivity index (χ2n) is 3.68. The molecular weight excluding hydrogens is 227 g/mol. The van der Waals surface area contributed by atoms with Crippen LogP contribution in [0.1, 0.15) is 5.56 Å². The van der Waals surface area contributed by atoms with E-state index in [-0.39, 0.29) is 24.7 Å². The first kappa shape index (κ1) is 11.4. The summed E-state index contributed by atoms with van der Waals surface area (Å²) in [7, 11) is 1.38. The van der Waals surface area contributed by atoms with Crippen molar-refractivity contribution in [3.05, 3.63) is 29.6 Å². The maximum Gasteiger partial charge on any atom is 0.324 e. The van der Waals surface area contributed by atoms with Gasteiger partial charge < -0.3 is 9.64 Å². The quantitative estimate of drug-likeness (QED) is 0.795. The lowest BCUT2D eigenvalue weighted by Gasteiger charge is -2.13. The van der Waals surface area contributed by atoms with Gasteiger partial charge in [0, 0.05) is 6.54 Å². The Labute approximate surface area is 97.2 Å². The van der Waals surface area contributed by atoms with Gasteiger partial charge in [0.2, 0.25) is 5.91 Å². The Morgan fingerprint density at radius 3 is 2.76 bits per heavy atom. The number of nitrogens with zero attached hydrogens (tertiary/aromatic N) is 1. The number of halogens is 1. The molecule has 0 atom stereocenters. The van der Waals surface area contributed by atoms with Crippen LogP contribution in [-0.4, -0.2) is 30.5 Å².